The molecule has 9 aromatic carbocycles. The number of hydrogen-bond donors (Lipinski definition) is 0. The highest BCUT2D eigenvalue weighted by atomic mass is 32.1. The number of rotatable bonds is 4. The van der Waals surface area contributed by atoms with Crippen LogP contribution in [0, 0.1) is 11.3 Å². The van der Waals surface area contributed by atoms with Gasteiger partial charge in [-0.25, -0.2) is 0 Å². The van der Waals surface area contributed by atoms with Crippen molar-refractivity contribution in [2.24, 2.45) is 0 Å². The molecule has 0 atom stereocenters. The van der Waals surface area contributed by atoms with Crippen molar-refractivity contribution < 1.29 is 0 Å². The van der Waals surface area contributed by atoms with Gasteiger partial charge in [0.1, 0.15) is 0 Å². The van der Waals surface area contributed by atoms with Crippen LogP contribution in [0.4, 0.5) is 51.2 Å². The molecule has 3 aliphatic heterocycles. The van der Waals surface area contributed by atoms with Crippen molar-refractivity contribution in [3.05, 3.63) is 197 Å². The molecule has 0 bridgehead atoms. The largest absolute Gasteiger partial charge is 0.311 e. The van der Waals surface area contributed by atoms with Gasteiger partial charge in [0.15, 0.2) is 0 Å². The highest BCUT2D eigenvalue weighted by Gasteiger charge is 2.48. The lowest BCUT2D eigenvalue weighted by Gasteiger charge is -2.47. The third-order valence-electron chi connectivity index (χ3n) is 18.0. The van der Waals surface area contributed by atoms with E-state index < -0.39 is 0 Å². The van der Waals surface area contributed by atoms with Gasteiger partial charge in [-0.3, -0.25) is 0 Å². The molecule has 406 valence electrons. The predicted octanol–water partition coefficient (Wildman–Crippen LogP) is 19.4. The minimum absolute atomic E-state index is 0.000294. The molecule has 0 spiro atoms. The van der Waals surface area contributed by atoms with Crippen LogP contribution in [-0.4, -0.2) is 11.3 Å². The summed E-state index contributed by atoms with van der Waals surface area (Å²) >= 11 is 1.84. The van der Waals surface area contributed by atoms with E-state index in [-0.39, 0.29) is 33.8 Å². The van der Waals surface area contributed by atoms with Crippen LogP contribution in [0.2, 0.25) is 0 Å². The van der Waals surface area contributed by atoms with E-state index in [9.17, 15) is 5.26 Å². The molecule has 2 aromatic heterocycles. The quantitative estimate of drug-likeness (QED) is 0.165. The number of nitriles is 1. The van der Waals surface area contributed by atoms with Gasteiger partial charge < -0.3 is 19.3 Å². The number of fused-ring (bicyclic) bond motifs is 12. The fourth-order valence-corrected chi connectivity index (χ4v) is 14.5. The molecule has 5 nitrogen and oxygen atoms in total. The summed E-state index contributed by atoms with van der Waals surface area (Å²) in [6, 6.07) is 65.7. The molecular formula is C75H72BN5S. The summed E-state index contributed by atoms with van der Waals surface area (Å²) in [6.45, 7) is 34.5. The lowest BCUT2D eigenvalue weighted by atomic mass is 9.33. The summed E-state index contributed by atoms with van der Waals surface area (Å²) in [6.07, 6.45) is 0. The maximum Gasteiger partial charge on any atom is 0.252 e. The van der Waals surface area contributed by atoms with E-state index in [2.05, 4.69) is 293 Å². The van der Waals surface area contributed by atoms with Gasteiger partial charge in [-0.1, -0.05) is 165 Å². The Morgan fingerprint density at radius 3 is 1.59 bits per heavy atom. The first-order valence-electron chi connectivity index (χ1n) is 29.3. The van der Waals surface area contributed by atoms with Crippen LogP contribution >= 0.6 is 11.3 Å². The van der Waals surface area contributed by atoms with E-state index in [0.29, 0.717) is 5.56 Å². The molecule has 0 saturated carbocycles. The molecule has 0 saturated heterocycles. The summed E-state index contributed by atoms with van der Waals surface area (Å²) in [7, 11) is 0. The Kier molecular flexibility index (Phi) is 11.1. The lowest BCUT2D eigenvalue weighted by molar-refractivity contribution is 0.590. The second-order valence-electron chi connectivity index (χ2n) is 28.7. The van der Waals surface area contributed by atoms with Gasteiger partial charge in [-0.05, 0) is 174 Å². The Labute approximate surface area is 489 Å². The molecule has 7 heteroatoms. The molecule has 5 heterocycles. The number of thiophene rings is 1. The Bertz CT molecular complexity index is 4490. The van der Waals surface area contributed by atoms with Crippen molar-refractivity contribution >= 4 is 128 Å². The van der Waals surface area contributed by atoms with Crippen molar-refractivity contribution in [2.75, 3.05) is 14.7 Å². The molecule has 3 aliphatic rings. The molecule has 0 fully saturated rings. The monoisotopic (exact) mass is 1090 g/mol. The van der Waals surface area contributed by atoms with Gasteiger partial charge in [-0.2, -0.15) is 5.26 Å². The SMILES string of the molecule is CC(C)(C)c1ccc(N(c2ccc(C(C)(C)C)cc2)c2ccc3c(c2)N(c2ccc4sc5ccccc5c4c2)c2cc(C#N)cc4c2B3c2cc(C(C)(C)C)cc3c2N4c2cc(C(C)(C)C)cc4c5cc(C(C)(C)C)ccc5n-3c24)cc1. The highest BCUT2D eigenvalue weighted by molar-refractivity contribution is 7.25. The summed E-state index contributed by atoms with van der Waals surface area (Å²) < 4.78 is 5.12. The molecular weight excluding hydrogens is 1010 g/mol. The smallest absolute Gasteiger partial charge is 0.252 e. The van der Waals surface area contributed by atoms with Crippen molar-refractivity contribution in [3.8, 4) is 11.8 Å². The molecule has 82 heavy (non-hydrogen) atoms. The second-order valence-corrected chi connectivity index (χ2v) is 29.8. The Hall–Kier alpha value is -8.05. The van der Waals surface area contributed by atoms with Gasteiger partial charge in [0.05, 0.1) is 39.7 Å². The second kappa shape index (κ2) is 17.5. The van der Waals surface area contributed by atoms with E-state index in [0.717, 1.165) is 45.5 Å². The molecule has 11 aromatic rings. The zero-order valence-corrected chi connectivity index (χ0v) is 51.1. The van der Waals surface area contributed by atoms with Crippen molar-refractivity contribution in [1.82, 2.24) is 4.57 Å². The standard InChI is InChI=1S/C75H72BN5S/c1-71(2,3)45-20-25-50(26-21-45)78(51-27-22-46(23-28-51)72(4,5)6)53-29-31-58-61(42-53)79(52-30-33-67-56(41-52)54-18-16-17-19-66(54)82-67)62-34-44(43-77)35-63-68(62)76(58)59-38-49(75(13,14)15)40-65-70(59)81(63)64-39-48(74(10,11)12)37-57-55-36-47(73(7,8)9)24-32-60(55)80(65)69(57)64/h16-42H,1-15H3. The first-order valence-corrected chi connectivity index (χ1v) is 30.1. The first-order chi connectivity index (χ1) is 38.8. The summed E-state index contributed by atoms with van der Waals surface area (Å²) in [4.78, 5) is 7.51. The average Bonchev–Trinajstić information content (AvgIpc) is 1.28. The molecule has 14 rings (SSSR count). The zero-order valence-electron chi connectivity index (χ0n) is 50.3. The summed E-state index contributed by atoms with van der Waals surface area (Å²) in [5, 5.41) is 16.4. The molecule has 0 radical (unpaired) electrons. The number of anilines is 9. The van der Waals surface area contributed by atoms with E-state index in [4.69, 9.17) is 0 Å². The summed E-state index contributed by atoms with van der Waals surface area (Å²) in [5.74, 6) is 0. The maximum atomic E-state index is 11.4. The first kappa shape index (κ1) is 52.1. The van der Waals surface area contributed by atoms with Crippen LogP contribution in [0.1, 0.15) is 137 Å². The summed E-state index contributed by atoms with van der Waals surface area (Å²) in [5.41, 5.74) is 23.8. The van der Waals surface area contributed by atoms with Crippen LogP contribution in [0.25, 0.3) is 47.7 Å². The highest BCUT2D eigenvalue weighted by Crippen LogP contribution is 2.55. The van der Waals surface area contributed by atoms with E-state index >= 15 is 0 Å². The number of benzene rings is 9. The molecule has 0 aliphatic carbocycles. The minimum Gasteiger partial charge on any atom is -0.311 e. The average molecular weight is 1090 g/mol. The zero-order chi connectivity index (χ0) is 57.5. The van der Waals surface area contributed by atoms with Crippen LogP contribution < -0.4 is 31.1 Å². The van der Waals surface area contributed by atoms with Crippen molar-refractivity contribution in [3.63, 3.8) is 0 Å². The van der Waals surface area contributed by atoms with Crippen LogP contribution in [-0.2, 0) is 27.1 Å². The van der Waals surface area contributed by atoms with Gasteiger partial charge in [0.25, 0.3) is 6.71 Å². The van der Waals surface area contributed by atoms with Gasteiger partial charge in [-0.15, -0.1) is 11.3 Å². The lowest BCUT2D eigenvalue weighted by Crippen LogP contribution is -2.62. The van der Waals surface area contributed by atoms with E-state index in [1.807, 2.05) is 11.3 Å². The Morgan fingerprint density at radius 2 is 0.963 bits per heavy atom. The molecule has 0 amide bonds. The van der Waals surface area contributed by atoms with Crippen molar-refractivity contribution in [2.45, 2.75) is 131 Å². The fraction of sp³-hybridized carbons (Fsp3) is 0.267. The minimum atomic E-state index is -0.182. The number of hydrogen-bond acceptors (Lipinski definition) is 5. The van der Waals surface area contributed by atoms with Crippen LogP contribution in [0.3, 0.4) is 0 Å². The van der Waals surface area contributed by atoms with Crippen LogP contribution in [0.15, 0.2) is 164 Å². The third-order valence-corrected chi connectivity index (χ3v) is 19.2. The fourth-order valence-electron chi connectivity index (χ4n) is 13.4. The van der Waals surface area contributed by atoms with Crippen molar-refractivity contribution in [1.29, 1.82) is 5.26 Å². The Morgan fingerprint density at radius 1 is 0.415 bits per heavy atom. The van der Waals surface area contributed by atoms with Gasteiger partial charge >= 0.3 is 0 Å². The van der Waals surface area contributed by atoms with E-state index in [1.165, 1.54) is 97.6 Å². The Balaban J connectivity index is 1.11. The van der Waals surface area contributed by atoms with E-state index in [1.54, 1.807) is 0 Å². The predicted molar refractivity (Wildman–Crippen MR) is 354 cm³/mol. The number of nitrogens with zero attached hydrogens (tertiary/aromatic N) is 5. The normalized spacial score (nSPS) is 14.0. The maximum absolute atomic E-state index is 11.4. The van der Waals surface area contributed by atoms with Gasteiger partial charge in [0, 0.05) is 70.8 Å². The number of aromatic nitrogens is 1. The molecule has 0 N–H and O–H groups in total. The third kappa shape index (κ3) is 7.91. The molecule has 0 unspecified atom stereocenters. The van der Waals surface area contributed by atoms with Crippen LogP contribution in [0.5, 0.6) is 0 Å². The topological polar surface area (TPSA) is 38.4 Å². The van der Waals surface area contributed by atoms with Gasteiger partial charge in [0.2, 0.25) is 0 Å².